The molecule has 2 aromatic carbocycles. The first-order valence-electron chi connectivity index (χ1n) is 6.92. The van der Waals surface area contributed by atoms with Crippen molar-refractivity contribution in [2.24, 2.45) is 5.73 Å². The molecule has 2 N–H and O–H groups in total. The minimum atomic E-state index is -0.589. The average molecular weight is 291 g/mol. The quantitative estimate of drug-likeness (QED) is 0.904. The second-order valence-corrected chi connectivity index (χ2v) is 5.25. The van der Waals surface area contributed by atoms with Gasteiger partial charge in [-0.3, -0.25) is 0 Å². The lowest BCUT2D eigenvalue weighted by molar-refractivity contribution is 0.238. The van der Waals surface area contributed by atoms with Gasteiger partial charge in [0.25, 0.3) is 0 Å². The Hall–Kier alpha value is -1.94. The van der Waals surface area contributed by atoms with Crippen LogP contribution in [0, 0.1) is 11.6 Å². The van der Waals surface area contributed by atoms with E-state index >= 15 is 0 Å². The van der Waals surface area contributed by atoms with Crippen LogP contribution in [0.4, 0.5) is 8.78 Å². The van der Waals surface area contributed by atoms with Gasteiger partial charge in [0.1, 0.15) is 17.4 Å². The number of benzene rings is 2. The molecule has 0 fully saturated rings. The molecule has 0 aliphatic heterocycles. The Morgan fingerprint density at radius 2 is 1.81 bits per heavy atom. The number of para-hydroxylation sites is 1. The monoisotopic (exact) mass is 291 g/mol. The molecule has 0 saturated heterocycles. The van der Waals surface area contributed by atoms with Crippen molar-refractivity contribution in [1.29, 1.82) is 0 Å². The smallest absolute Gasteiger partial charge is 0.129 e. The number of rotatable bonds is 5. The van der Waals surface area contributed by atoms with Crippen LogP contribution in [-0.2, 0) is 6.42 Å². The predicted octanol–water partition coefficient (Wildman–Crippen LogP) is 3.99. The van der Waals surface area contributed by atoms with Gasteiger partial charge >= 0.3 is 0 Å². The van der Waals surface area contributed by atoms with Crippen LogP contribution in [0.1, 0.15) is 31.0 Å². The maximum Gasteiger partial charge on any atom is 0.129 e. The summed E-state index contributed by atoms with van der Waals surface area (Å²) in [6.45, 7) is 3.86. The van der Waals surface area contributed by atoms with Gasteiger partial charge in [0.05, 0.1) is 6.10 Å². The van der Waals surface area contributed by atoms with E-state index in [0.717, 1.165) is 11.6 Å². The number of hydrogen-bond donors (Lipinski definition) is 1. The van der Waals surface area contributed by atoms with Crippen molar-refractivity contribution in [3.8, 4) is 5.75 Å². The molecule has 0 spiro atoms. The molecule has 1 atom stereocenters. The lowest BCUT2D eigenvalue weighted by Gasteiger charge is -2.19. The zero-order chi connectivity index (χ0) is 15.4. The molecule has 0 aromatic heterocycles. The highest BCUT2D eigenvalue weighted by molar-refractivity contribution is 5.37. The molecule has 2 nitrogen and oxygen atoms in total. The summed E-state index contributed by atoms with van der Waals surface area (Å²) in [5.41, 5.74) is 7.38. The van der Waals surface area contributed by atoms with Gasteiger partial charge in [-0.2, -0.15) is 0 Å². The van der Waals surface area contributed by atoms with E-state index in [-0.39, 0.29) is 12.5 Å². The highest BCUT2D eigenvalue weighted by Crippen LogP contribution is 2.27. The molecule has 112 valence electrons. The molecule has 0 aliphatic carbocycles. The summed E-state index contributed by atoms with van der Waals surface area (Å²) in [6.07, 6.45) is 0.311. The van der Waals surface area contributed by atoms with Gasteiger partial charge in [0.2, 0.25) is 0 Å². The first-order valence-corrected chi connectivity index (χ1v) is 6.92. The molecular weight excluding hydrogens is 272 g/mol. The van der Waals surface area contributed by atoms with Gasteiger partial charge in [-0.15, -0.1) is 0 Å². The van der Waals surface area contributed by atoms with E-state index in [1.54, 1.807) is 0 Å². The van der Waals surface area contributed by atoms with Crippen molar-refractivity contribution in [2.45, 2.75) is 32.4 Å². The van der Waals surface area contributed by atoms with Crippen LogP contribution >= 0.6 is 0 Å². The molecule has 21 heavy (non-hydrogen) atoms. The fourth-order valence-electron chi connectivity index (χ4n) is 2.18. The third-order valence-electron chi connectivity index (χ3n) is 3.14. The average Bonchev–Trinajstić information content (AvgIpc) is 2.42. The van der Waals surface area contributed by atoms with E-state index < -0.39 is 17.7 Å². The van der Waals surface area contributed by atoms with Crippen molar-refractivity contribution in [3.05, 3.63) is 65.2 Å². The van der Waals surface area contributed by atoms with Crippen molar-refractivity contribution < 1.29 is 13.5 Å². The summed E-state index contributed by atoms with van der Waals surface area (Å²) in [7, 11) is 0. The third kappa shape index (κ3) is 4.02. The van der Waals surface area contributed by atoms with Crippen molar-refractivity contribution in [1.82, 2.24) is 0 Å². The van der Waals surface area contributed by atoms with Gasteiger partial charge in [-0.25, -0.2) is 8.78 Å². The first-order chi connectivity index (χ1) is 9.97. The number of ether oxygens (including phenoxy) is 1. The van der Waals surface area contributed by atoms with Gasteiger partial charge in [-0.05, 0) is 38.0 Å². The van der Waals surface area contributed by atoms with E-state index in [9.17, 15) is 8.78 Å². The van der Waals surface area contributed by atoms with Gasteiger partial charge in [0, 0.05) is 17.7 Å². The molecule has 0 radical (unpaired) electrons. The van der Waals surface area contributed by atoms with Crippen molar-refractivity contribution >= 4 is 0 Å². The molecular formula is C17H19F2NO. The standard InChI is InChI=1S/C17H19F2NO/c1-11(2)21-17-6-4-3-5-14(17)16(20)9-12-7-8-13(18)10-15(12)19/h3-8,10-11,16H,9,20H2,1-2H3. The van der Waals surface area contributed by atoms with E-state index in [1.807, 2.05) is 38.1 Å². The van der Waals surface area contributed by atoms with Crippen LogP contribution in [0.15, 0.2) is 42.5 Å². The highest BCUT2D eigenvalue weighted by atomic mass is 19.1. The summed E-state index contributed by atoms with van der Waals surface area (Å²) in [6, 6.07) is 10.6. The Bertz CT molecular complexity index is 613. The Labute approximate surface area is 123 Å². The molecule has 0 heterocycles. The van der Waals surface area contributed by atoms with Crippen LogP contribution in [-0.4, -0.2) is 6.10 Å². The molecule has 2 aromatic rings. The molecule has 1 unspecified atom stereocenters. The van der Waals surface area contributed by atoms with Crippen molar-refractivity contribution in [2.75, 3.05) is 0 Å². The summed E-state index contributed by atoms with van der Waals surface area (Å²) < 4.78 is 32.4. The topological polar surface area (TPSA) is 35.2 Å². The van der Waals surface area contributed by atoms with Gasteiger partial charge in [0.15, 0.2) is 0 Å². The molecule has 0 bridgehead atoms. The normalized spacial score (nSPS) is 12.5. The highest BCUT2D eigenvalue weighted by Gasteiger charge is 2.15. The molecule has 0 amide bonds. The second kappa shape index (κ2) is 6.68. The van der Waals surface area contributed by atoms with Crippen LogP contribution in [0.5, 0.6) is 5.75 Å². The van der Waals surface area contributed by atoms with Gasteiger partial charge < -0.3 is 10.5 Å². The van der Waals surface area contributed by atoms with Crippen molar-refractivity contribution in [3.63, 3.8) is 0 Å². The largest absolute Gasteiger partial charge is 0.491 e. The zero-order valence-corrected chi connectivity index (χ0v) is 12.1. The second-order valence-electron chi connectivity index (χ2n) is 5.25. The van der Waals surface area contributed by atoms with Crippen LogP contribution in [0.2, 0.25) is 0 Å². The zero-order valence-electron chi connectivity index (χ0n) is 12.1. The molecule has 0 aliphatic rings. The van der Waals surface area contributed by atoms with E-state index in [2.05, 4.69) is 0 Å². The van der Waals surface area contributed by atoms with E-state index in [4.69, 9.17) is 10.5 Å². The summed E-state index contributed by atoms with van der Waals surface area (Å²) in [5, 5.41) is 0. The third-order valence-corrected chi connectivity index (χ3v) is 3.14. The summed E-state index contributed by atoms with van der Waals surface area (Å²) in [5.74, 6) is -0.469. The van der Waals surface area contributed by atoms with Crippen LogP contribution in [0.3, 0.4) is 0 Å². The van der Waals surface area contributed by atoms with Crippen LogP contribution < -0.4 is 10.5 Å². The Morgan fingerprint density at radius 1 is 1.10 bits per heavy atom. The SMILES string of the molecule is CC(C)Oc1ccccc1C(N)Cc1ccc(F)cc1F. The minimum absolute atomic E-state index is 0.0286. The molecule has 2 rings (SSSR count). The minimum Gasteiger partial charge on any atom is -0.491 e. The summed E-state index contributed by atoms with van der Waals surface area (Å²) >= 11 is 0. The predicted molar refractivity (Wildman–Crippen MR) is 79.2 cm³/mol. The van der Waals surface area contributed by atoms with Gasteiger partial charge in [-0.1, -0.05) is 24.3 Å². The summed E-state index contributed by atoms with van der Waals surface area (Å²) in [4.78, 5) is 0. The van der Waals surface area contributed by atoms with E-state index in [0.29, 0.717) is 11.3 Å². The number of hydrogen-bond acceptors (Lipinski definition) is 2. The lowest BCUT2D eigenvalue weighted by Crippen LogP contribution is -2.17. The Balaban J connectivity index is 2.22. The maximum absolute atomic E-state index is 13.7. The first kappa shape index (κ1) is 15.4. The number of halogens is 2. The lowest BCUT2D eigenvalue weighted by atomic mass is 9.98. The van der Waals surface area contributed by atoms with E-state index in [1.165, 1.54) is 12.1 Å². The van der Waals surface area contributed by atoms with Crippen LogP contribution in [0.25, 0.3) is 0 Å². The fraction of sp³-hybridized carbons (Fsp3) is 0.294. The Kier molecular flexibility index (Phi) is 4.91. The fourth-order valence-corrected chi connectivity index (χ4v) is 2.18. The molecule has 4 heteroatoms. The maximum atomic E-state index is 13.7. The molecule has 0 saturated carbocycles. The Morgan fingerprint density at radius 3 is 2.48 bits per heavy atom. The number of nitrogens with two attached hydrogens (primary N) is 1.